The van der Waals surface area contributed by atoms with Crippen LogP contribution in [0.1, 0.15) is 17.3 Å². The van der Waals surface area contributed by atoms with E-state index in [1.807, 2.05) is 77.4 Å². The SMILES string of the molecule is COc1cc([C@@H]2N=C(N)Nc3nc4ccccc4n32)ccc1OCc1ccccc1. The van der Waals surface area contributed by atoms with Crippen molar-refractivity contribution in [1.29, 1.82) is 0 Å². The molecular formula is C23H21N5O2. The molecule has 5 rings (SSSR count). The summed E-state index contributed by atoms with van der Waals surface area (Å²) in [5, 5.41) is 3.05. The number of hydrogen-bond acceptors (Lipinski definition) is 6. The highest BCUT2D eigenvalue weighted by Gasteiger charge is 2.25. The predicted molar refractivity (Wildman–Crippen MR) is 117 cm³/mol. The second-order valence-electron chi connectivity index (χ2n) is 6.99. The molecule has 3 N–H and O–H groups in total. The van der Waals surface area contributed by atoms with Gasteiger partial charge in [-0.3, -0.25) is 9.88 Å². The van der Waals surface area contributed by atoms with Crippen LogP contribution in [0, 0.1) is 0 Å². The lowest BCUT2D eigenvalue weighted by Gasteiger charge is -2.24. The summed E-state index contributed by atoms with van der Waals surface area (Å²) >= 11 is 0. The van der Waals surface area contributed by atoms with Gasteiger partial charge in [-0.25, -0.2) is 9.98 Å². The number of anilines is 1. The molecule has 0 saturated carbocycles. The zero-order valence-electron chi connectivity index (χ0n) is 16.4. The van der Waals surface area contributed by atoms with Crippen molar-refractivity contribution in [2.45, 2.75) is 12.8 Å². The number of para-hydroxylation sites is 2. The maximum absolute atomic E-state index is 6.04. The quantitative estimate of drug-likeness (QED) is 0.531. The minimum Gasteiger partial charge on any atom is -0.493 e. The molecule has 2 heterocycles. The number of fused-ring (bicyclic) bond motifs is 3. The highest BCUT2D eigenvalue weighted by Crippen LogP contribution is 2.36. The summed E-state index contributed by atoms with van der Waals surface area (Å²) < 4.78 is 13.6. The Kier molecular flexibility index (Phi) is 4.48. The first-order valence-corrected chi connectivity index (χ1v) is 9.65. The summed E-state index contributed by atoms with van der Waals surface area (Å²) in [7, 11) is 1.63. The predicted octanol–water partition coefficient (Wildman–Crippen LogP) is 3.91. The van der Waals surface area contributed by atoms with Crippen LogP contribution in [0.25, 0.3) is 11.0 Å². The number of nitrogens with zero attached hydrogens (tertiary/aromatic N) is 3. The highest BCUT2D eigenvalue weighted by atomic mass is 16.5. The van der Waals surface area contributed by atoms with Crippen LogP contribution >= 0.6 is 0 Å². The summed E-state index contributed by atoms with van der Waals surface area (Å²) in [6, 6.07) is 23.8. The van der Waals surface area contributed by atoms with Crippen molar-refractivity contribution in [1.82, 2.24) is 9.55 Å². The van der Waals surface area contributed by atoms with E-state index in [9.17, 15) is 0 Å². The van der Waals surface area contributed by atoms with Gasteiger partial charge in [0, 0.05) is 5.56 Å². The molecule has 0 saturated heterocycles. The van der Waals surface area contributed by atoms with E-state index in [0.29, 0.717) is 30.0 Å². The zero-order chi connectivity index (χ0) is 20.5. The van der Waals surface area contributed by atoms with Gasteiger partial charge >= 0.3 is 0 Å². The minimum absolute atomic E-state index is 0.325. The second kappa shape index (κ2) is 7.44. The molecule has 1 aliphatic rings. The van der Waals surface area contributed by atoms with E-state index < -0.39 is 0 Å². The minimum atomic E-state index is -0.356. The van der Waals surface area contributed by atoms with Gasteiger partial charge in [-0.2, -0.15) is 0 Å². The van der Waals surface area contributed by atoms with E-state index in [1.54, 1.807) is 7.11 Å². The van der Waals surface area contributed by atoms with Crippen LogP contribution in [-0.2, 0) is 6.61 Å². The molecule has 0 fully saturated rings. The number of guanidine groups is 1. The molecule has 0 bridgehead atoms. The Morgan fingerprint density at radius 3 is 2.63 bits per heavy atom. The van der Waals surface area contributed by atoms with Gasteiger partial charge < -0.3 is 15.2 Å². The topological polar surface area (TPSA) is 86.7 Å². The summed E-state index contributed by atoms with van der Waals surface area (Å²) in [5.41, 5.74) is 9.91. The number of aliphatic imine (C=N–C) groups is 1. The van der Waals surface area contributed by atoms with Crippen molar-refractivity contribution in [3.63, 3.8) is 0 Å². The summed E-state index contributed by atoms with van der Waals surface area (Å²) in [6.07, 6.45) is -0.356. The summed E-state index contributed by atoms with van der Waals surface area (Å²) in [6.45, 7) is 0.464. The molecule has 0 unspecified atom stereocenters. The zero-order valence-corrected chi connectivity index (χ0v) is 16.4. The molecule has 0 aliphatic carbocycles. The molecule has 0 spiro atoms. The number of nitrogens with two attached hydrogens (primary N) is 1. The molecule has 0 amide bonds. The van der Waals surface area contributed by atoms with Crippen molar-refractivity contribution in [3.8, 4) is 11.5 Å². The third kappa shape index (κ3) is 3.20. The van der Waals surface area contributed by atoms with E-state index in [-0.39, 0.29) is 6.17 Å². The van der Waals surface area contributed by atoms with Gasteiger partial charge in [-0.15, -0.1) is 0 Å². The lowest BCUT2D eigenvalue weighted by Crippen LogP contribution is -2.31. The molecule has 1 aromatic heterocycles. The molecule has 1 aliphatic heterocycles. The second-order valence-corrected chi connectivity index (χ2v) is 6.99. The van der Waals surface area contributed by atoms with E-state index in [0.717, 1.165) is 22.2 Å². The fraction of sp³-hybridized carbons (Fsp3) is 0.130. The van der Waals surface area contributed by atoms with Crippen LogP contribution in [0.5, 0.6) is 11.5 Å². The van der Waals surface area contributed by atoms with Crippen LogP contribution < -0.4 is 20.5 Å². The van der Waals surface area contributed by atoms with Crippen molar-refractivity contribution in [3.05, 3.63) is 83.9 Å². The molecule has 7 heteroatoms. The lowest BCUT2D eigenvalue weighted by atomic mass is 10.1. The van der Waals surface area contributed by atoms with Gasteiger partial charge in [-0.1, -0.05) is 48.5 Å². The summed E-state index contributed by atoms with van der Waals surface area (Å²) in [4.78, 5) is 9.26. The van der Waals surface area contributed by atoms with Crippen LogP contribution in [-0.4, -0.2) is 22.6 Å². The van der Waals surface area contributed by atoms with Gasteiger partial charge in [0.05, 0.1) is 18.1 Å². The highest BCUT2D eigenvalue weighted by molar-refractivity contribution is 5.94. The molecule has 4 aromatic rings. The molecule has 150 valence electrons. The number of nitrogens with one attached hydrogen (secondary N) is 1. The monoisotopic (exact) mass is 399 g/mol. The van der Waals surface area contributed by atoms with Crippen LogP contribution in [0.15, 0.2) is 77.8 Å². The fourth-order valence-corrected chi connectivity index (χ4v) is 3.64. The third-order valence-corrected chi connectivity index (χ3v) is 5.06. The standard InChI is InChI=1S/C23H21N5O2/c1-29-20-13-16(11-12-19(20)30-14-15-7-3-2-4-8-15)21-26-22(24)27-23-25-17-9-5-6-10-18(17)28(21)23/h2-13,21H,14H2,1H3,(H3,24,25,26,27)/t21-/m1/s1. The number of methoxy groups -OCH3 is 1. The average molecular weight is 399 g/mol. The number of imidazole rings is 1. The first-order valence-electron chi connectivity index (χ1n) is 9.65. The molecule has 7 nitrogen and oxygen atoms in total. The normalized spacial score (nSPS) is 15.2. The van der Waals surface area contributed by atoms with E-state index in [1.165, 1.54) is 0 Å². The Balaban J connectivity index is 1.50. The van der Waals surface area contributed by atoms with Gasteiger partial charge in [0.25, 0.3) is 0 Å². The largest absolute Gasteiger partial charge is 0.493 e. The van der Waals surface area contributed by atoms with Gasteiger partial charge in [0.1, 0.15) is 6.61 Å². The lowest BCUT2D eigenvalue weighted by molar-refractivity contribution is 0.284. The number of rotatable bonds is 5. The fourth-order valence-electron chi connectivity index (χ4n) is 3.64. The number of ether oxygens (including phenoxy) is 2. The van der Waals surface area contributed by atoms with Crippen LogP contribution in [0.4, 0.5) is 5.95 Å². The maximum atomic E-state index is 6.04. The Bertz CT molecular complexity index is 1230. The van der Waals surface area contributed by atoms with Crippen molar-refractivity contribution in [2.75, 3.05) is 12.4 Å². The first-order chi connectivity index (χ1) is 14.7. The van der Waals surface area contributed by atoms with Crippen molar-refractivity contribution >= 4 is 22.9 Å². The maximum Gasteiger partial charge on any atom is 0.212 e. The van der Waals surface area contributed by atoms with Gasteiger partial charge in [-0.05, 0) is 29.8 Å². The van der Waals surface area contributed by atoms with Crippen molar-refractivity contribution < 1.29 is 9.47 Å². The Labute approximate surface area is 173 Å². The van der Waals surface area contributed by atoms with Crippen LogP contribution in [0.3, 0.4) is 0 Å². The van der Waals surface area contributed by atoms with E-state index >= 15 is 0 Å². The van der Waals surface area contributed by atoms with Gasteiger partial charge in [0.2, 0.25) is 5.95 Å². The smallest absolute Gasteiger partial charge is 0.212 e. The molecule has 30 heavy (non-hydrogen) atoms. The van der Waals surface area contributed by atoms with E-state index in [4.69, 9.17) is 15.2 Å². The Morgan fingerprint density at radius 1 is 1.00 bits per heavy atom. The number of hydrogen-bond donors (Lipinski definition) is 2. The Hall–Kier alpha value is -4.00. The summed E-state index contributed by atoms with van der Waals surface area (Å²) in [5.74, 6) is 2.30. The van der Waals surface area contributed by atoms with Crippen molar-refractivity contribution in [2.24, 2.45) is 10.7 Å². The average Bonchev–Trinajstić information content (AvgIpc) is 3.16. The van der Waals surface area contributed by atoms with E-state index in [2.05, 4.69) is 15.3 Å². The molecular weight excluding hydrogens is 378 g/mol. The van der Waals surface area contributed by atoms with Crippen LogP contribution in [0.2, 0.25) is 0 Å². The molecule has 0 radical (unpaired) electrons. The Morgan fingerprint density at radius 2 is 1.80 bits per heavy atom. The number of aromatic nitrogens is 2. The third-order valence-electron chi connectivity index (χ3n) is 5.06. The number of benzene rings is 3. The molecule has 3 aromatic carbocycles. The first kappa shape index (κ1) is 18.1. The molecule has 1 atom stereocenters. The van der Waals surface area contributed by atoms with Gasteiger partial charge in [0.15, 0.2) is 23.6 Å².